The Balaban J connectivity index is 1.77. The van der Waals surface area contributed by atoms with Crippen molar-refractivity contribution in [2.75, 3.05) is 12.4 Å². The second kappa shape index (κ2) is 9.25. The number of rotatable bonds is 6. The predicted octanol–water partition coefficient (Wildman–Crippen LogP) is 6.48. The van der Waals surface area contributed by atoms with Crippen molar-refractivity contribution in [3.63, 3.8) is 0 Å². The summed E-state index contributed by atoms with van der Waals surface area (Å²) in [7, 11) is 1.53. The smallest absolute Gasteiger partial charge is 0.296 e. The topological polar surface area (TPSA) is 60.3 Å². The third-order valence-corrected chi connectivity index (χ3v) is 5.86. The molecule has 0 aliphatic rings. The number of halogens is 3. The summed E-state index contributed by atoms with van der Waals surface area (Å²) in [4.78, 5) is 25.9. The number of ketones is 1. The van der Waals surface area contributed by atoms with E-state index >= 15 is 0 Å². The molecule has 0 bridgehead atoms. The number of methoxy groups -OCH3 is 1. The number of fused-ring (bicyclic) bond motifs is 1. The number of Topliss-reactive ketones (excluding diaryl/α,β-unsaturated/α-hetero) is 1. The number of nitrogens with zero attached hydrogens (tertiary/aromatic N) is 1. The highest BCUT2D eigenvalue weighted by molar-refractivity contribution is 6.52. The summed E-state index contributed by atoms with van der Waals surface area (Å²) < 4.78 is 7.09. The number of aromatic nitrogens is 1. The van der Waals surface area contributed by atoms with Gasteiger partial charge in [0.2, 0.25) is 0 Å². The van der Waals surface area contributed by atoms with Gasteiger partial charge in [0.15, 0.2) is 0 Å². The second-order valence-corrected chi connectivity index (χ2v) is 8.29. The van der Waals surface area contributed by atoms with Gasteiger partial charge in [-0.2, -0.15) is 0 Å². The summed E-state index contributed by atoms with van der Waals surface area (Å²) in [5.41, 5.74) is 2.15. The number of hydrogen-bond acceptors (Lipinski definition) is 3. The van der Waals surface area contributed by atoms with Crippen molar-refractivity contribution in [1.82, 2.24) is 4.57 Å². The first-order valence-corrected chi connectivity index (χ1v) is 10.7. The zero-order chi connectivity index (χ0) is 22.8. The lowest BCUT2D eigenvalue weighted by molar-refractivity contribution is -0.112. The summed E-state index contributed by atoms with van der Waals surface area (Å²) in [5.74, 6) is -1.03. The van der Waals surface area contributed by atoms with Crippen molar-refractivity contribution >= 4 is 63.1 Å². The van der Waals surface area contributed by atoms with E-state index in [1.807, 2.05) is 18.2 Å². The lowest BCUT2D eigenvalue weighted by Crippen LogP contribution is -2.23. The Morgan fingerprint density at radius 1 is 0.938 bits per heavy atom. The number of benzene rings is 3. The molecule has 1 aromatic heterocycles. The number of nitrogens with one attached hydrogen (secondary N) is 1. The van der Waals surface area contributed by atoms with Crippen LogP contribution in [-0.2, 0) is 11.3 Å². The van der Waals surface area contributed by atoms with Crippen LogP contribution < -0.4 is 10.1 Å². The molecule has 5 nitrogen and oxygen atoms in total. The van der Waals surface area contributed by atoms with E-state index in [2.05, 4.69) is 5.32 Å². The zero-order valence-electron chi connectivity index (χ0n) is 16.9. The minimum absolute atomic E-state index is 0.106. The van der Waals surface area contributed by atoms with Crippen LogP contribution in [0.1, 0.15) is 15.9 Å². The van der Waals surface area contributed by atoms with Crippen molar-refractivity contribution in [3.8, 4) is 5.75 Å². The van der Waals surface area contributed by atoms with Crippen LogP contribution in [0.4, 0.5) is 5.69 Å². The van der Waals surface area contributed by atoms with Crippen LogP contribution in [0.5, 0.6) is 5.75 Å². The number of amides is 1. The maximum absolute atomic E-state index is 13.2. The van der Waals surface area contributed by atoms with Crippen molar-refractivity contribution in [1.29, 1.82) is 0 Å². The average Bonchev–Trinajstić information content (AvgIpc) is 3.05. The maximum Gasteiger partial charge on any atom is 0.296 e. The van der Waals surface area contributed by atoms with Gasteiger partial charge in [0.25, 0.3) is 11.7 Å². The molecular weight excluding hydrogens is 471 g/mol. The Labute approximate surface area is 199 Å². The fraction of sp³-hybridized carbons (Fsp3) is 0.0833. The lowest BCUT2D eigenvalue weighted by atomic mass is 10.1. The van der Waals surface area contributed by atoms with Gasteiger partial charge in [-0.3, -0.25) is 9.59 Å². The lowest BCUT2D eigenvalue weighted by Gasteiger charge is -2.08. The molecule has 0 spiro atoms. The normalized spacial score (nSPS) is 10.9. The highest BCUT2D eigenvalue weighted by Crippen LogP contribution is 2.34. The fourth-order valence-corrected chi connectivity index (χ4v) is 4.09. The molecule has 1 heterocycles. The molecule has 32 heavy (non-hydrogen) atoms. The van der Waals surface area contributed by atoms with E-state index in [-0.39, 0.29) is 10.7 Å². The minimum Gasteiger partial charge on any atom is -0.497 e. The Bertz CT molecular complexity index is 1330. The van der Waals surface area contributed by atoms with Crippen molar-refractivity contribution in [2.45, 2.75) is 6.54 Å². The molecule has 0 saturated carbocycles. The molecule has 0 aliphatic heterocycles. The summed E-state index contributed by atoms with van der Waals surface area (Å²) in [6.07, 6.45) is 0. The van der Waals surface area contributed by atoms with Crippen LogP contribution in [0.2, 0.25) is 15.2 Å². The highest BCUT2D eigenvalue weighted by Gasteiger charge is 2.27. The van der Waals surface area contributed by atoms with Gasteiger partial charge < -0.3 is 14.6 Å². The first kappa shape index (κ1) is 22.2. The molecule has 1 N–H and O–H groups in total. The Hall–Kier alpha value is -2.99. The second-order valence-electron chi connectivity index (χ2n) is 7.06. The summed E-state index contributed by atoms with van der Waals surface area (Å²) in [6.45, 7) is 0.391. The first-order valence-electron chi connectivity index (χ1n) is 9.59. The van der Waals surface area contributed by atoms with Gasteiger partial charge in [-0.25, -0.2) is 0 Å². The molecule has 162 valence electrons. The zero-order valence-corrected chi connectivity index (χ0v) is 19.1. The number of ether oxygens (including phenoxy) is 1. The highest BCUT2D eigenvalue weighted by atomic mass is 35.5. The van der Waals surface area contributed by atoms with Crippen LogP contribution in [-0.4, -0.2) is 23.4 Å². The molecule has 0 fully saturated rings. The van der Waals surface area contributed by atoms with Gasteiger partial charge in [0.05, 0.1) is 18.2 Å². The molecule has 1 amide bonds. The van der Waals surface area contributed by atoms with Crippen LogP contribution in [0, 0.1) is 0 Å². The summed E-state index contributed by atoms with van der Waals surface area (Å²) in [6, 6.07) is 19.1. The minimum atomic E-state index is -0.817. The Kier molecular flexibility index (Phi) is 6.42. The van der Waals surface area contributed by atoms with Crippen LogP contribution in [0.3, 0.4) is 0 Å². The van der Waals surface area contributed by atoms with E-state index < -0.39 is 11.7 Å². The Morgan fingerprint density at radius 2 is 1.69 bits per heavy atom. The molecule has 3 aromatic carbocycles. The number of anilines is 1. The molecule has 4 aromatic rings. The Morgan fingerprint density at radius 3 is 2.38 bits per heavy atom. The van der Waals surface area contributed by atoms with E-state index in [9.17, 15) is 9.59 Å². The first-order chi connectivity index (χ1) is 15.4. The van der Waals surface area contributed by atoms with Gasteiger partial charge in [-0.05, 0) is 54.1 Å². The molecular formula is C24H17Cl3N2O3. The molecule has 0 radical (unpaired) electrons. The third kappa shape index (κ3) is 4.46. The summed E-state index contributed by atoms with van der Waals surface area (Å²) >= 11 is 18.6. The summed E-state index contributed by atoms with van der Waals surface area (Å²) in [5, 5.41) is 4.33. The van der Waals surface area contributed by atoms with Crippen molar-refractivity contribution in [3.05, 3.63) is 93.1 Å². The van der Waals surface area contributed by atoms with Crippen LogP contribution in [0.15, 0.2) is 66.7 Å². The van der Waals surface area contributed by atoms with Crippen molar-refractivity contribution < 1.29 is 14.3 Å². The molecule has 8 heteroatoms. The van der Waals surface area contributed by atoms with E-state index in [0.29, 0.717) is 38.9 Å². The monoisotopic (exact) mass is 486 g/mol. The standard InChI is InChI=1S/C24H17Cl3N2O3/c1-32-18-9-10-20-19(12-18)21(22(30)24(31)28-17-4-2-3-16(26)11-17)23(27)29(20)13-14-5-7-15(25)8-6-14/h2-12H,13H2,1H3,(H,28,31). The van der Waals surface area contributed by atoms with E-state index in [4.69, 9.17) is 39.5 Å². The predicted molar refractivity (Wildman–Crippen MR) is 128 cm³/mol. The molecule has 0 atom stereocenters. The van der Waals surface area contributed by atoms with Gasteiger partial charge in [0.1, 0.15) is 10.9 Å². The SMILES string of the molecule is COc1ccc2c(c1)c(C(=O)C(=O)Nc1cccc(Cl)c1)c(Cl)n2Cc1ccc(Cl)cc1. The van der Waals surface area contributed by atoms with Crippen LogP contribution >= 0.6 is 34.8 Å². The third-order valence-electron chi connectivity index (χ3n) is 4.98. The van der Waals surface area contributed by atoms with Gasteiger partial charge in [-0.15, -0.1) is 0 Å². The maximum atomic E-state index is 13.2. The van der Waals surface area contributed by atoms with Gasteiger partial charge >= 0.3 is 0 Å². The van der Waals surface area contributed by atoms with Gasteiger partial charge in [0, 0.05) is 27.7 Å². The number of carbonyl (C=O) groups is 2. The van der Waals surface area contributed by atoms with Gasteiger partial charge in [-0.1, -0.05) is 53.0 Å². The molecule has 0 unspecified atom stereocenters. The quantitative estimate of drug-likeness (QED) is 0.250. The largest absolute Gasteiger partial charge is 0.497 e. The van der Waals surface area contributed by atoms with E-state index in [0.717, 1.165) is 5.56 Å². The van der Waals surface area contributed by atoms with E-state index in [1.54, 1.807) is 53.1 Å². The number of hydrogen-bond donors (Lipinski definition) is 1. The van der Waals surface area contributed by atoms with E-state index in [1.165, 1.54) is 7.11 Å². The number of carbonyl (C=O) groups excluding carboxylic acids is 2. The van der Waals surface area contributed by atoms with Crippen molar-refractivity contribution in [2.24, 2.45) is 0 Å². The molecule has 4 rings (SSSR count). The molecule has 0 saturated heterocycles. The van der Waals surface area contributed by atoms with Crippen LogP contribution in [0.25, 0.3) is 10.9 Å². The average molecular weight is 488 g/mol. The fourth-order valence-electron chi connectivity index (χ4n) is 3.44. The molecule has 0 aliphatic carbocycles.